The number of ether oxygens (including phenoxy) is 1. The SMILES string of the molecule is CN1CCCC1.[CH2-]CO[CH2-].[Na+]. The Kier molecular flexibility index (Phi) is 14.3. The molecule has 1 rings (SSSR count). The summed E-state index contributed by atoms with van der Waals surface area (Å²) in [5.74, 6) is 0. The molecule has 0 aromatic rings. The van der Waals surface area contributed by atoms with Gasteiger partial charge < -0.3 is 16.6 Å². The van der Waals surface area contributed by atoms with Crippen molar-refractivity contribution in [2.45, 2.75) is 12.8 Å². The number of hydrogen-bond donors (Lipinski definition) is 0. The van der Waals surface area contributed by atoms with E-state index in [9.17, 15) is 0 Å². The first-order valence-corrected chi connectivity index (χ1v) is 3.66. The fourth-order valence-corrected chi connectivity index (χ4v) is 0.875. The van der Waals surface area contributed by atoms with Crippen LogP contribution in [0.5, 0.6) is 0 Å². The minimum Gasteiger partial charge on any atom is -0.581 e. The van der Waals surface area contributed by atoms with E-state index in [0.717, 1.165) is 0 Å². The van der Waals surface area contributed by atoms with Gasteiger partial charge in [-0.25, -0.2) is 7.11 Å². The van der Waals surface area contributed by atoms with Crippen LogP contribution in [0.2, 0.25) is 0 Å². The summed E-state index contributed by atoms with van der Waals surface area (Å²) in [6, 6.07) is 0. The van der Waals surface area contributed by atoms with Gasteiger partial charge in [-0.2, -0.15) is 0 Å². The van der Waals surface area contributed by atoms with E-state index in [2.05, 4.69) is 30.7 Å². The Morgan fingerprint density at radius 1 is 1.36 bits per heavy atom. The van der Waals surface area contributed by atoms with Gasteiger partial charge in [0.2, 0.25) is 0 Å². The molecule has 2 nitrogen and oxygen atoms in total. The number of rotatable bonds is 1. The molecule has 0 unspecified atom stereocenters. The molecule has 0 radical (unpaired) electrons. The average molecular weight is 166 g/mol. The first-order chi connectivity index (χ1) is 4.81. The van der Waals surface area contributed by atoms with Crippen molar-refractivity contribution in [1.82, 2.24) is 4.90 Å². The molecule has 0 atom stereocenters. The van der Waals surface area contributed by atoms with Gasteiger partial charge in [0.15, 0.2) is 0 Å². The summed E-state index contributed by atoms with van der Waals surface area (Å²) in [7, 11) is 5.22. The third-order valence-corrected chi connectivity index (χ3v) is 1.47. The monoisotopic (exact) mass is 166 g/mol. The van der Waals surface area contributed by atoms with Crippen LogP contribution in [0, 0.1) is 14.0 Å². The van der Waals surface area contributed by atoms with Crippen molar-refractivity contribution in [3.8, 4) is 0 Å². The largest absolute Gasteiger partial charge is 1.00 e. The predicted octanol–water partition coefficient (Wildman–Crippen LogP) is -1.66. The van der Waals surface area contributed by atoms with Crippen LogP contribution in [-0.4, -0.2) is 31.6 Å². The van der Waals surface area contributed by atoms with Crippen molar-refractivity contribution in [2.75, 3.05) is 26.7 Å². The Morgan fingerprint density at radius 2 is 1.73 bits per heavy atom. The fourth-order valence-electron chi connectivity index (χ4n) is 0.875. The fraction of sp³-hybridized carbons (Fsp3) is 0.750. The standard InChI is InChI=1S/C5H11N.C3H6O.Na/c1-6-4-2-3-5-6;1-3-4-2;/h2-5H2,1H3;1-3H2;/q;-2;+1. The normalized spacial score (nSPS) is 16.6. The third kappa shape index (κ3) is 10.9. The van der Waals surface area contributed by atoms with Gasteiger partial charge in [0.05, 0.1) is 0 Å². The number of likely N-dealkylation sites (tertiary alicyclic amines) is 1. The molecule has 1 saturated heterocycles. The topological polar surface area (TPSA) is 12.5 Å². The summed E-state index contributed by atoms with van der Waals surface area (Å²) in [5.41, 5.74) is 0. The second-order valence-electron chi connectivity index (χ2n) is 2.42. The van der Waals surface area contributed by atoms with Crippen LogP contribution < -0.4 is 29.6 Å². The van der Waals surface area contributed by atoms with Crippen molar-refractivity contribution in [2.24, 2.45) is 0 Å². The molecule has 0 amide bonds. The molecule has 3 heteroatoms. The molecule has 0 aromatic heterocycles. The molecule has 0 aromatic carbocycles. The van der Waals surface area contributed by atoms with Gasteiger partial charge in [0.25, 0.3) is 0 Å². The summed E-state index contributed by atoms with van der Waals surface area (Å²) < 4.78 is 4.18. The Labute approximate surface area is 92.6 Å². The second kappa shape index (κ2) is 10.9. The molecule has 0 aliphatic carbocycles. The van der Waals surface area contributed by atoms with Crippen molar-refractivity contribution in [1.29, 1.82) is 0 Å². The van der Waals surface area contributed by atoms with Gasteiger partial charge in [0, 0.05) is 0 Å². The van der Waals surface area contributed by atoms with Crippen molar-refractivity contribution >= 4 is 0 Å². The van der Waals surface area contributed by atoms with E-state index in [1.54, 1.807) is 0 Å². The van der Waals surface area contributed by atoms with E-state index in [-0.39, 0.29) is 29.6 Å². The molecule has 0 spiro atoms. The Morgan fingerprint density at radius 3 is 1.82 bits per heavy atom. The summed E-state index contributed by atoms with van der Waals surface area (Å²) in [6.45, 7) is 6.42. The molecule has 62 valence electrons. The molecule has 0 bridgehead atoms. The predicted molar refractivity (Wildman–Crippen MR) is 43.4 cm³/mol. The minimum atomic E-state index is 0. The number of hydrogen-bond acceptors (Lipinski definition) is 2. The average Bonchev–Trinajstić information content (AvgIpc) is 2.40. The maximum Gasteiger partial charge on any atom is 1.00 e. The summed E-state index contributed by atoms with van der Waals surface area (Å²) in [6.07, 6.45) is 2.83. The molecule has 1 fully saturated rings. The number of nitrogens with zero attached hydrogens (tertiary/aromatic N) is 1. The molecule has 1 aliphatic rings. The quantitative estimate of drug-likeness (QED) is 0.342. The second-order valence-corrected chi connectivity index (χ2v) is 2.42. The minimum absolute atomic E-state index is 0. The zero-order valence-electron chi connectivity index (χ0n) is 7.81. The van der Waals surface area contributed by atoms with Crippen LogP contribution in [-0.2, 0) is 4.74 Å². The van der Waals surface area contributed by atoms with Crippen LogP contribution in [0.3, 0.4) is 0 Å². The Hall–Kier alpha value is 0.920. The van der Waals surface area contributed by atoms with Gasteiger partial charge in [-0.3, -0.25) is 0 Å². The van der Waals surface area contributed by atoms with Gasteiger partial charge in [-0.05, 0) is 33.0 Å². The van der Waals surface area contributed by atoms with E-state index >= 15 is 0 Å². The molecular formula is C8H17NNaO-. The van der Waals surface area contributed by atoms with Gasteiger partial charge in [-0.1, -0.05) is 0 Å². The van der Waals surface area contributed by atoms with Crippen LogP contribution in [0.15, 0.2) is 0 Å². The van der Waals surface area contributed by atoms with Crippen LogP contribution in [0.1, 0.15) is 12.8 Å². The van der Waals surface area contributed by atoms with E-state index in [1.807, 2.05) is 0 Å². The van der Waals surface area contributed by atoms with Gasteiger partial charge in [0.1, 0.15) is 0 Å². The molecule has 1 heterocycles. The van der Waals surface area contributed by atoms with Gasteiger partial charge in [-0.15, -0.1) is 6.61 Å². The van der Waals surface area contributed by atoms with E-state index in [4.69, 9.17) is 0 Å². The van der Waals surface area contributed by atoms with Crippen molar-refractivity contribution < 1.29 is 34.3 Å². The Bertz CT molecular complexity index is 63.1. The zero-order valence-corrected chi connectivity index (χ0v) is 9.81. The summed E-state index contributed by atoms with van der Waals surface area (Å²) in [5, 5.41) is 0. The smallest absolute Gasteiger partial charge is 0.581 e. The van der Waals surface area contributed by atoms with Crippen molar-refractivity contribution in [3.63, 3.8) is 0 Å². The van der Waals surface area contributed by atoms with E-state index in [1.165, 1.54) is 25.9 Å². The third-order valence-electron chi connectivity index (χ3n) is 1.47. The van der Waals surface area contributed by atoms with Crippen LogP contribution >= 0.6 is 0 Å². The molecule has 0 N–H and O–H groups in total. The zero-order chi connectivity index (χ0) is 7.82. The molecule has 1 aliphatic heterocycles. The molecular weight excluding hydrogens is 149 g/mol. The summed E-state index contributed by atoms with van der Waals surface area (Å²) in [4.78, 5) is 2.36. The van der Waals surface area contributed by atoms with E-state index in [0.29, 0.717) is 6.61 Å². The van der Waals surface area contributed by atoms with Gasteiger partial charge >= 0.3 is 29.6 Å². The van der Waals surface area contributed by atoms with Crippen LogP contribution in [0.25, 0.3) is 0 Å². The first-order valence-electron chi connectivity index (χ1n) is 3.66. The first kappa shape index (κ1) is 14.4. The summed E-state index contributed by atoms with van der Waals surface area (Å²) >= 11 is 0. The van der Waals surface area contributed by atoms with Crippen molar-refractivity contribution in [3.05, 3.63) is 14.0 Å². The molecule has 11 heavy (non-hydrogen) atoms. The maximum atomic E-state index is 4.18. The van der Waals surface area contributed by atoms with Crippen LogP contribution in [0.4, 0.5) is 0 Å². The Balaban J connectivity index is 0. The maximum absolute atomic E-state index is 4.18. The molecule has 0 saturated carbocycles. The van der Waals surface area contributed by atoms with E-state index < -0.39 is 0 Å².